The van der Waals surface area contributed by atoms with E-state index in [2.05, 4.69) is 5.32 Å². The number of nitrogens with zero attached hydrogens (tertiary/aromatic N) is 1. The van der Waals surface area contributed by atoms with E-state index in [-0.39, 0.29) is 30.1 Å². The molecule has 1 amide bonds. The van der Waals surface area contributed by atoms with E-state index in [1.807, 2.05) is 0 Å². The third-order valence-corrected chi connectivity index (χ3v) is 6.54. The van der Waals surface area contributed by atoms with Crippen molar-refractivity contribution in [3.05, 3.63) is 53.6 Å². The number of hydrogen-bond acceptors (Lipinski definition) is 6. The summed E-state index contributed by atoms with van der Waals surface area (Å²) in [5, 5.41) is 2.78. The fourth-order valence-corrected chi connectivity index (χ4v) is 4.65. The molecule has 29 heavy (non-hydrogen) atoms. The molecule has 0 radical (unpaired) electrons. The SMILES string of the molecule is COc1cc(CNC(=O)c2ccccc2S(=O)(=O)N2CCOCC2)cc(OC)c1. The van der Waals surface area contributed by atoms with E-state index in [0.29, 0.717) is 24.7 Å². The van der Waals surface area contributed by atoms with E-state index in [1.54, 1.807) is 44.6 Å². The van der Waals surface area contributed by atoms with Crippen molar-refractivity contribution in [1.82, 2.24) is 9.62 Å². The van der Waals surface area contributed by atoms with Crippen molar-refractivity contribution < 1.29 is 27.4 Å². The molecule has 1 saturated heterocycles. The molecular formula is C20H24N2O6S. The van der Waals surface area contributed by atoms with Crippen LogP contribution in [-0.4, -0.2) is 59.2 Å². The molecular weight excluding hydrogens is 396 g/mol. The molecule has 1 N–H and O–H groups in total. The normalized spacial score (nSPS) is 15.0. The molecule has 1 aliphatic rings. The number of hydrogen-bond donors (Lipinski definition) is 1. The number of amides is 1. The van der Waals surface area contributed by atoms with E-state index < -0.39 is 15.9 Å². The highest BCUT2D eigenvalue weighted by molar-refractivity contribution is 7.89. The first-order chi connectivity index (χ1) is 14.0. The molecule has 2 aromatic rings. The van der Waals surface area contributed by atoms with Gasteiger partial charge in [0.1, 0.15) is 11.5 Å². The Hall–Kier alpha value is -2.62. The summed E-state index contributed by atoms with van der Waals surface area (Å²) < 4.78 is 43.1. The van der Waals surface area contributed by atoms with Crippen LogP contribution in [-0.2, 0) is 21.3 Å². The van der Waals surface area contributed by atoms with Crippen molar-refractivity contribution in [3.8, 4) is 11.5 Å². The molecule has 1 fully saturated rings. The molecule has 0 unspecified atom stereocenters. The van der Waals surface area contributed by atoms with Gasteiger partial charge in [-0.2, -0.15) is 4.31 Å². The third-order valence-electron chi connectivity index (χ3n) is 4.58. The van der Waals surface area contributed by atoms with E-state index in [4.69, 9.17) is 14.2 Å². The topological polar surface area (TPSA) is 94.2 Å². The van der Waals surface area contributed by atoms with Crippen LogP contribution in [0.3, 0.4) is 0 Å². The van der Waals surface area contributed by atoms with Gasteiger partial charge in [-0.15, -0.1) is 0 Å². The summed E-state index contributed by atoms with van der Waals surface area (Å²) in [6, 6.07) is 11.5. The Morgan fingerprint density at radius 3 is 2.31 bits per heavy atom. The van der Waals surface area contributed by atoms with Crippen molar-refractivity contribution in [3.63, 3.8) is 0 Å². The maximum Gasteiger partial charge on any atom is 0.252 e. The van der Waals surface area contributed by atoms with Crippen LogP contribution in [0.5, 0.6) is 11.5 Å². The van der Waals surface area contributed by atoms with Gasteiger partial charge in [0.15, 0.2) is 0 Å². The monoisotopic (exact) mass is 420 g/mol. The predicted molar refractivity (Wildman–Crippen MR) is 107 cm³/mol. The van der Waals surface area contributed by atoms with Gasteiger partial charge in [-0.25, -0.2) is 8.42 Å². The quantitative estimate of drug-likeness (QED) is 0.732. The number of methoxy groups -OCH3 is 2. The van der Waals surface area contributed by atoms with Crippen molar-refractivity contribution in [2.75, 3.05) is 40.5 Å². The summed E-state index contributed by atoms with van der Waals surface area (Å²) in [6.07, 6.45) is 0. The Labute approximate surface area is 170 Å². The highest BCUT2D eigenvalue weighted by Crippen LogP contribution is 2.24. The van der Waals surface area contributed by atoms with E-state index in [1.165, 1.54) is 16.4 Å². The third kappa shape index (κ3) is 4.87. The second-order valence-electron chi connectivity index (χ2n) is 6.42. The number of carbonyl (C=O) groups excluding carboxylic acids is 1. The lowest BCUT2D eigenvalue weighted by Gasteiger charge is -2.26. The van der Waals surface area contributed by atoms with Crippen LogP contribution in [0.2, 0.25) is 0 Å². The van der Waals surface area contributed by atoms with Crippen molar-refractivity contribution >= 4 is 15.9 Å². The first kappa shape index (κ1) is 21.1. The average Bonchev–Trinajstić information content (AvgIpc) is 2.77. The number of rotatable bonds is 7. The van der Waals surface area contributed by atoms with Crippen LogP contribution < -0.4 is 14.8 Å². The summed E-state index contributed by atoms with van der Waals surface area (Å²) in [4.78, 5) is 12.8. The highest BCUT2D eigenvalue weighted by atomic mass is 32.2. The second kappa shape index (κ2) is 9.25. The smallest absolute Gasteiger partial charge is 0.252 e. The van der Waals surface area contributed by atoms with Crippen molar-refractivity contribution in [1.29, 1.82) is 0 Å². The van der Waals surface area contributed by atoms with E-state index >= 15 is 0 Å². The van der Waals surface area contributed by atoms with Crippen LogP contribution >= 0.6 is 0 Å². The summed E-state index contributed by atoms with van der Waals surface area (Å²) in [7, 11) is -0.698. The maximum absolute atomic E-state index is 13.0. The molecule has 0 aliphatic carbocycles. The van der Waals surface area contributed by atoms with Crippen LogP contribution in [0.4, 0.5) is 0 Å². The largest absolute Gasteiger partial charge is 0.497 e. The predicted octanol–water partition coefficient (Wildman–Crippen LogP) is 1.65. The van der Waals surface area contributed by atoms with Gasteiger partial charge in [-0.05, 0) is 29.8 Å². The van der Waals surface area contributed by atoms with Gasteiger partial charge in [0, 0.05) is 25.7 Å². The molecule has 8 nitrogen and oxygen atoms in total. The zero-order chi connectivity index (χ0) is 20.9. The Kier molecular flexibility index (Phi) is 6.73. The lowest BCUT2D eigenvalue weighted by Crippen LogP contribution is -2.41. The zero-order valence-electron chi connectivity index (χ0n) is 16.4. The first-order valence-corrected chi connectivity index (χ1v) is 10.6. The highest BCUT2D eigenvalue weighted by Gasteiger charge is 2.30. The lowest BCUT2D eigenvalue weighted by molar-refractivity contribution is 0.0730. The Morgan fingerprint density at radius 2 is 1.69 bits per heavy atom. The average molecular weight is 420 g/mol. The van der Waals surface area contributed by atoms with Crippen LogP contribution in [0, 0.1) is 0 Å². The summed E-state index contributed by atoms with van der Waals surface area (Å²) in [6.45, 7) is 1.40. The zero-order valence-corrected chi connectivity index (χ0v) is 17.2. The summed E-state index contributed by atoms with van der Waals surface area (Å²) in [5.41, 5.74) is 0.872. The molecule has 1 aliphatic heterocycles. The second-order valence-corrected chi connectivity index (χ2v) is 8.32. The molecule has 0 aromatic heterocycles. The van der Waals surface area contributed by atoms with Gasteiger partial charge in [0.05, 0.1) is 37.9 Å². The molecule has 1 heterocycles. The minimum absolute atomic E-state index is 0.0115. The van der Waals surface area contributed by atoms with E-state index in [9.17, 15) is 13.2 Å². The van der Waals surface area contributed by atoms with E-state index in [0.717, 1.165) is 5.56 Å². The number of morpholine rings is 1. The molecule has 0 saturated carbocycles. The van der Waals surface area contributed by atoms with Crippen molar-refractivity contribution in [2.45, 2.75) is 11.4 Å². The minimum atomic E-state index is -3.79. The number of benzene rings is 2. The number of ether oxygens (including phenoxy) is 3. The van der Waals surface area contributed by atoms with Gasteiger partial charge >= 0.3 is 0 Å². The maximum atomic E-state index is 13.0. The Balaban J connectivity index is 1.80. The molecule has 9 heteroatoms. The standard InChI is InChI=1S/C20H24N2O6S/c1-26-16-11-15(12-17(13-16)27-2)14-21-20(23)18-5-3-4-6-19(18)29(24,25)22-7-9-28-10-8-22/h3-6,11-13H,7-10,14H2,1-2H3,(H,21,23). The van der Waals surface area contributed by atoms with Gasteiger partial charge in [0.25, 0.3) is 5.91 Å². The molecule has 156 valence electrons. The number of carbonyl (C=O) groups is 1. The van der Waals surface area contributed by atoms with Crippen LogP contribution in [0.25, 0.3) is 0 Å². The number of sulfonamides is 1. The molecule has 0 bridgehead atoms. The van der Waals surface area contributed by atoms with Gasteiger partial charge in [-0.1, -0.05) is 12.1 Å². The van der Waals surface area contributed by atoms with Gasteiger partial charge < -0.3 is 19.5 Å². The Bertz CT molecular complexity index is 948. The molecule has 0 spiro atoms. The number of nitrogens with one attached hydrogen (secondary N) is 1. The Morgan fingerprint density at radius 1 is 1.07 bits per heavy atom. The fourth-order valence-electron chi connectivity index (χ4n) is 3.05. The minimum Gasteiger partial charge on any atom is -0.497 e. The molecule has 0 atom stereocenters. The van der Waals surface area contributed by atoms with Gasteiger partial charge in [-0.3, -0.25) is 4.79 Å². The van der Waals surface area contributed by atoms with Crippen LogP contribution in [0.15, 0.2) is 47.4 Å². The molecule has 3 rings (SSSR count). The first-order valence-electron chi connectivity index (χ1n) is 9.13. The fraction of sp³-hybridized carbons (Fsp3) is 0.350. The molecule has 2 aromatic carbocycles. The lowest BCUT2D eigenvalue weighted by atomic mass is 10.1. The van der Waals surface area contributed by atoms with Crippen LogP contribution in [0.1, 0.15) is 15.9 Å². The van der Waals surface area contributed by atoms with Crippen molar-refractivity contribution in [2.24, 2.45) is 0 Å². The summed E-state index contributed by atoms with van der Waals surface area (Å²) >= 11 is 0. The summed E-state index contributed by atoms with van der Waals surface area (Å²) in [5.74, 6) is 0.729. The van der Waals surface area contributed by atoms with Gasteiger partial charge in [0.2, 0.25) is 10.0 Å².